The number of hydrogen-bond donors (Lipinski definition) is 1. The van der Waals surface area contributed by atoms with Gasteiger partial charge in [0.25, 0.3) is 11.7 Å². The lowest BCUT2D eigenvalue weighted by atomic mass is 9.99. The average molecular weight is 447 g/mol. The molecule has 2 aromatic rings. The Morgan fingerprint density at radius 2 is 2.00 bits per heavy atom. The molecular formula is C23H27ClN2O5. The van der Waals surface area contributed by atoms with Crippen molar-refractivity contribution in [2.45, 2.75) is 26.3 Å². The summed E-state index contributed by atoms with van der Waals surface area (Å²) in [7, 11) is 1.49. The molecule has 1 fully saturated rings. The SMILES string of the molecule is CCN(CC)CCCN1C(=O)C(=O)/C(=C(/O)c2ccc(OC)c(Cl)c2)C1c1ccco1. The molecule has 7 nitrogen and oxygen atoms in total. The first-order valence-corrected chi connectivity index (χ1v) is 10.7. The molecule has 1 aromatic heterocycles. The normalized spacial score (nSPS) is 18.2. The molecular weight excluding hydrogens is 420 g/mol. The molecule has 3 rings (SSSR count). The zero-order chi connectivity index (χ0) is 22.5. The summed E-state index contributed by atoms with van der Waals surface area (Å²) in [5.41, 5.74) is 0.313. The Morgan fingerprint density at radius 3 is 2.58 bits per heavy atom. The van der Waals surface area contributed by atoms with Crippen LogP contribution in [0.4, 0.5) is 0 Å². The molecule has 0 saturated carbocycles. The van der Waals surface area contributed by atoms with Crippen molar-refractivity contribution >= 4 is 29.1 Å². The molecule has 1 unspecified atom stereocenters. The fourth-order valence-corrected chi connectivity index (χ4v) is 4.08. The highest BCUT2D eigenvalue weighted by atomic mass is 35.5. The van der Waals surface area contributed by atoms with Crippen LogP contribution in [0.15, 0.2) is 46.6 Å². The van der Waals surface area contributed by atoms with Gasteiger partial charge in [-0.05, 0) is 56.4 Å². The maximum absolute atomic E-state index is 12.9. The van der Waals surface area contributed by atoms with Gasteiger partial charge < -0.3 is 24.1 Å². The summed E-state index contributed by atoms with van der Waals surface area (Å²) in [4.78, 5) is 29.5. The summed E-state index contributed by atoms with van der Waals surface area (Å²) in [5, 5.41) is 11.3. The minimum absolute atomic E-state index is 0.0102. The van der Waals surface area contributed by atoms with Crippen molar-refractivity contribution in [3.05, 3.63) is 58.5 Å². The van der Waals surface area contributed by atoms with Gasteiger partial charge in [0.15, 0.2) is 0 Å². The fourth-order valence-electron chi connectivity index (χ4n) is 3.83. The Bertz CT molecular complexity index is 966. The predicted molar refractivity (Wildman–Crippen MR) is 118 cm³/mol. The minimum Gasteiger partial charge on any atom is -0.507 e. The first-order chi connectivity index (χ1) is 14.9. The molecule has 0 aliphatic carbocycles. The molecule has 1 amide bonds. The molecule has 1 aromatic carbocycles. The van der Waals surface area contributed by atoms with Gasteiger partial charge in [-0.2, -0.15) is 0 Å². The maximum Gasteiger partial charge on any atom is 0.295 e. The highest BCUT2D eigenvalue weighted by Gasteiger charge is 2.47. The standard InChI is InChI=1S/C23H27ClN2O5/c1-4-25(5-2)11-7-12-26-20(18-8-6-13-31-18)19(22(28)23(26)29)21(27)15-9-10-17(30-3)16(24)14-15/h6,8-10,13-14,20,27H,4-5,7,11-12H2,1-3H3/b21-19+. The zero-order valence-electron chi connectivity index (χ0n) is 17.9. The van der Waals surface area contributed by atoms with Crippen LogP contribution in [0.2, 0.25) is 5.02 Å². The number of likely N-dealkylation sites (tertiary alicyclic amines) is 1. The first kappa shape index (κ1) is 22.9. The van der Waals surface area contributed by atoms with Crippen molar-refractivity contribution in [2.24, 2.45) is 0 Å². The highest BCUT2D eigenvalue weighted by Crippen LogP contribution is 2.40. The largest absolute Gasteiger partial charge is 0.507 e. The number of ketones is 1. The van der Waals surface area contributed by atoms with Gasteiger partial charge in [0.05, 0.1) is 24.0 Å². The highest BCUT2D eigenvalue weighted by molar-refractivity contribution is 6.46. The molecule has 2 heterocycles. The van der Waals surface area contributed by atoms with Crippen LogP contribution >= 0.6 is 11.6 Å². The second-order valence-corrected chi connectivity index (χ2v) is 7.64. The number of amides is 1. The van der Waals surface area contributed by atoms with Gasteiger partial charge in [0, 0.05) is 12.1 Å². The van der Waals surface area contributed by atoms with E-state index in [1.54, 1.807) is 24.3 Å². The topological polar surface area (TPSA) is 83.2 Å². The summed E-state index contributed by atoms with van der Waals surface area (Å²) in [5.74, 6) is -0.827. The molecule has 8 heteroatoms. The molecule has 0 spiro atoms. The van der Waals surface area contributed by atoms with Crippen LogP contribution in [0, 0.1) is 0 Å². The van der Waals surface area contributed by atoms with Gasteiger partial charge in [-0.3, -0.25) is 9.59 Å². The lowest BCUT2D eigenvalue weighted by molar-refractivity contribution is -0.140. The van der Waals surface area contributed by atoms with Gasteiger partial charge in [-0.15, -0.1) is 0 Å². The van der Waals surface area contributed by atoms with E-state index in [0.29, 0.717) is 30.0 Å². The van der Waals surface area contributed by atoms with E-state index in [4.69, 9.17) is 20.8 Å². The molecule has 31 heavy (non-hydrogen) atoms. The quantitative estimate of drug-likeness (QED) is 0.355. The average Bonchev–Trinajstić information content (AvgIpc) is 3.38. The van der Waals surface area contributed by atoms with Crippen molar-refractivity contribution in [3.63, 3.8) is 0 Å². The zero-order valence-corrected chi connectivity index (χ0v) is 18.7. The second-order valence-electron chi connectivity index (χ2n) is 7.24. The fraction of sp³-hybridized carbons (Fsp3) is 0.391. The smallest absolute Gasteiger partial charge is 0.295 e. The van der Waals surface area contributed by atoms with Crippen LogP contribution in [0.1, 0.15) is 37.6 Å². The van der Waals surface area contributed by atoms with E-state index >= 15 is 0 Å². The van der Waals surface area contributed by atoms with Crippen LogP contribution in [0.3, 0.4) is 0 Å². The molecule has 166 valence electrons. The van der Waals surface area contributed by atoms with Gasteiger partial charge in [0.2, 0.25) is 0 Å². The second kappa shape index (κ2) is 10.0. The van der Waals surface area contributed by atoms with E-state index < -0.39 is 17.7 Å². The molecule has 1 atom stereocenters. The Kier molecular flexibility index (Phi) is 7.41. The number of halogens is 1. The number of ether oxygens (including phenoxy) is 1. The van der Waals surface area contributed by atoms with Gasteiger partial charge >= 0.3 is 0 Å². The third kappa shape index (κ3) is 4.62. The number of furan rings is 1. The monoisotopic (exact) mass is 446 g/mol. The number of nitrogens with zero attached hydrogens (tertiary/aromatic N) is 2. The van der Waals surface area contributed by atoms with Crippen LogP contribution in [0.25, 0.3) is 5.76 Å². The lowest BCUT2D eigenvalue weighted by Gasteiger charge is -2.25. The number of carbonyl (C=O) groups is 2. The number of carbonyl (C=O) groups excluding carboxylic acids is 2. The van der Waals surface area contributed by atoms with Gasteiger partial charge in [-0.25, -0.2) is 0 Å². The third-order valence-electron chi connectivity index (χ3n) is 5.55. The molecule has 0 radical (unpaired) electrons. The number of methoxy groups -OCH3 is 1. The predicted octanol–water partition coefficient (Wildman–Crippen LogP) is 4.10. The summed E-state index contributed by atoms with van der Waals surface area (Å²) in [6.45, 7) is 7.16. The van der Waals surface area contributed by atoms with E-state index in [0.717, 1.165) is 19.6 Å². The number of aliphatic hydroxyl groups excluding tert-OH is 1. The van der Waals surface area contributed by atoms with Crippen LogP contribution in [-0.4, -0.2) is 59.9 Å². The number of Topliss-reactive ketones (excluding diaryl/α,β-unsaturated/α-hetero) is 1. The van der Waals surface area contributed by atoms with E-state index in [1.165, 1.54) is 24.3 Å². The lowest BCUT2D eigenvalue weighted by Crippen LogP contribution is -2.33. The first-order valence-electron chi connectivity index (χ1n) is 10.3. The molecule has 0 bridgehead atoms. The Balaban J connectivity index is 1.98. The van der Waals surface area contributed by atoms with E-state index in [9.17, 15) is 14.7 Å². The van der Waals surface area contributed by atoms with E-state index in [-0.39, 0.29) is 16.4 Å². The van der Waals surface area contributed by atoms with E-state index in [2.05, 4.69) is 18.7 Å². The minimum atomic E-state index is -0.799. The Labute approximate surface area is 186 Å². The summed E-state index contributed by atoms with van der Waals surface area (Å²) < 4.78 is 10.7. The Hall–Kier alpha value is -2.77. The van der Waals surface area contributed by atoms with Crippen LogP contribution in [-0.2, 0) is 9.59 Å². The molecule has 1 aliphatic rings. The van der Waals surface area contributed by atoms with Crippen LogP contribution < -0.4 is 4.74 Å². The molecule has 1 aliphatic heterocycles. The molecule has 1 saturated heterocycles. The number of aliphatic hydroxyl groups is 1. The van der Waals surface area contributed by atoms with Crippen LogP contribution in [0.5, 0.6) is 5.75 Å². The Morgan fingerprint density at radius 1 is 1.26 bits per heavy atom. The third-order valence-corrected chi connectivity index (χ3v) is 5.84. The van der Waals surface area contributed by atoms with Crippen molar-refractivity contribution in [2.75, 3.05) is 33.3 Å². The summed E-state index contributed by atoms with van der Waals surface area (Å²) in [6.07, 6.45) is 2.18. The van der Waals surface area contributed by atoms with E-state index in [1.807, 2.05) is 0 Å². The van der Waals surface area contributed by atoms with Gasteiger partial charge in [-0.1, -0.05) is 25.4 Å². The van der Waals surface area contributed by atoms with Crippen molar-refractivity contribution in [1.82, 2.24) is 9.80 Å². The maximum atomic E-state index is 12.9. The summed E-state index contributed by atoms with van der Waals surface area (Å²) in [6, 6.07) is 7.28. The van der Waals surface area contributed by atoms with Crippen molar-refractivity contribution in [1.29, 1.82) is 0 Å². The van der Waals surface area contributed by atoms with Crippen molar-refractivity contribution in [3.8, 4) is 5.75 Å². The number of hydrogen-bond acceptors (Lipinski definition) is 6. The van der Waals surface area contributed by atoms with Gasteiger partial charge in [0.1, 0.15) is 23.3 Å². The number of benzene rings is 1. The van der Waals surface area contributed by atoms with Crippen molar-refractivity contribution < 1.29 is 23.8 Å². The number of rotatable bonds is 9. The molecule has 1 N–H and O–H groups in total. The summed E-state index contributed by atoms with van der Waals surface area (Å²) >= 11 is 6.19.